The number of anilines is 1. The molecule has 0 spiro atoms. The zero-order valence-corrected chi connectivity index (χ0v) is 12.2. The number of ketones is 1. The van der Waals surface area contributed by atoms with E-state index in [4.69, 9.17) is 0 Å². The number of carbonyl (C=O) groups excluding carboxylic acids is 1. The van der Waals surface area contributed by atoms with Crippen LogP contribution in [0.15, 0.2) is 12.1 Å². The quantitative estimate of drug-likeness (QED) is 0.753. The van der Waals surface area contributed by atoms with E-state index in [-0.39, 0.29) is 17.0 Å². The molecular formula is C16H22FNO. The lowest BCUT2D eigenvalue weighted by molar-refractivity contribution is 0.101. The molecule has 0 saturated carbocycles. The Labute approximate surface area is 114 Å². The van der Waals surface area contributed by atoms with Crippen LogP contribution in [-0.2, 0) is 0 Å². The first-order valence-electron chi connectivity index (χ1n) is 6.86. The van der Waals surface area contributed by atoms with Gasteiger partial charge in [-0.15, -0.1) is 0 Å². The number of hydrogen-bond donors (Lipinski definition) is 0. The average molecular weight is 263 g/mol. The smallest absolute Gasteiger partial charge is 0.161 e. The van der Waals surface area contributed by atoms with Crippen LogP contribution in [0.4, 0.5) is 10.1 Å². The minimum absolute atomic E-state index is 0.0720. The molecule has 0 atom stereocenters. The zero-order chi connectivity index (χ0) is 14.2. The molecule has 0 N–H and O–H groups in total. The van der Waals surface area contributed by atoms with E-state index in [1.165, 1.54) is 19.4 Å². The summed E-state index contributed by atoms with van der Waals surface area (Å²) in [6, 6.07) is 3.20. The fraction of sp³-hybridized carbons (Fsp3) is 0.562. The molecule has 3 heteroatoms. The fourth-order valence-corrected chi connectivity index (χ4v) is 2.84. The molecule has 1 heterocycles. The Morgan fingerprint density at radius 2 is 2.05 bits per heavy atom. The van der Waals surface area contributed by atoms with E-state index in [1.807, 2.05) is 6.07 Å². The molecule has 0 aliphatic carbocycles. The number of halogens is 1. The van der Waals surface area contributed by atoms with Gasteiger partial charge in [-0.2, -0.15) is 0 Å². The predicted octanol–water partition coefficient (Wildman–Crippen LogP) is 3.96. The third kappa shape index (κ3) is 2.96. The third-order valence-corrected chi connectivity index (χ3v) is 3.90. The molecule has 1 aromatic carbocycles. The van der Waals surface area contributed by atoms with Crippen molar-refractivity contribution in [2.24, 2.45) is 5.41 Å². The highest BCUT2D eigenvalue weighted by atomic mass is 19.1. The molecule has 0 unspecified atom stereocenters. The van der Waals surface area contributed by atoms with Crippen molar-refractivity contribution in [2.75, 3.05) is 18.0 Å². The highest BCUT2D eigenvalue weighted by molar-refractivity contribution is 6.00. The molecule has 19 heavy (non-hydrogen) atoms. The number of hydrogen-bond acceptors (Lipinski definition) is 2. The number of carbonyl (C=O) groups is 1. The summed E-state index contributed by atoms with van der Waals surface area (Å²) in [4.78, 5) is 14.0. The lowest BCUT2D eigenvalue weighted by atomic mass is 9.83. The van der Waals surface area contributed by atoms with Gasteiger partial charge in [-0.05, 0) is 49.8 Å². The van der Waals surface area contributed by atoms with Crippen LogP contribution < -0.4 is 4.90 Å². The minimum atomic E-state index is -0.301. The van der Waals surface area contributed by atoms with Crippen molar-refractivity contribution in [1.82, 2.24) is 0 Å². The van der Waals surface area contributed by atoms with Crippen LogP contribution in [0.5, 0.6) is 0 Å². The average Bonchev–Trinajstić information content (AvgIpc) is 2.30. The van der Waals surface area contributed by atoms with Crippen LogP contribution in [0, 0.1) is 18.2 Å². The lowest BCUT2D eigenvalue weighted by Crippen LogP contribution is -2.40. The summed E-state index contributed by atoms with van der Waals surface area (Å²) in [6.45, 7) is 9.58. The van der Waals surface area contributed by atoms with E-state index in [0.29, 0.717) is 11.1 Å². The van der Waals surface area contributed by atoms with Crippen molar-refractivity contribution in [3.05, 3.63) is 29.1 Å². The van der Waals surface area contributed by atoms with Gasteiger partial charge in [0.1, 0.15) is 5.82 Å². The van der Waals surface area contributed by atoms with Crippen LogP contribution in [-0.4, -0.2) is 18.9 Å². The molecule has 1 fully saturated rings. The second-order valence-corrected chi connectivity index (χ2v) is 6.36. The topological polar surface area (TPSA) is 20.3 Å². The Balaban J connectivity index is 2.43. The molecule has 1 saturated heterocycles. The van der Waals surface area contributed by atoms with Gasteiger partial charge in [0.05, 0.1) is 0 Å². The molecule has 1 aliphatic rings. The van der Waals surface area contributed by atoms with Gasteiger partial charge in [-0.1, -0.05) is 13.8 Å². The summed E-state index contributed by atoms with van der Waals surface area (Å²) < 4.78 is 13.7. The molecular weight excluding hydrogens is 241 g/mol. The predicted molar refractivity (Wildman–Crippen MR) is 76.4 cm³/mol. The van der Waals surface area contributed by atoms with Crippen molar-refractivity contribution in [2.45, 2.75) is 40.5 Å². The Morgan fingerprint density at radius 1 is 1.37 bits per heavy atom. The first kappa shape index (κ1) is 14.0. The maximum Gasteiger partial charge on any atom is 0.161 e. The van der Waals surface area contributed by atoms with Crippen LogP contribution in [0.3, 0.4) is 0 Å². The van der Waals surface area contributed by atoms with Gasteiger partial charge in [0.15, 0.2) is 5.78 Å². The highest BCUT2D eigenvalue weighted by Crippen LogP contribution is 2.34. The van der Waals surface area contributed by atoms with Crippen molar-refractivity contribution in [1.29, 1.82) is 0 Å². The van der Waals surface area contributed by atoms with Crippen molar-refractivity contribution in [3.63, 3.8) is 0 Å². The fourth-order valence-electron chi connectivity index (χ4n) is 2.84. The van der Waals surface area contributed by atoms with Gasteiger partial charge in [0.2, 0.25) is 0 Å². The number of Topliss-reactive ketones (excluding diaryl/α,β-unsaturated/α-hetero) is 1. The molecule has 0 aromatic heterocycles. The summed E-state index contributed by atoms with van der Waals surface area (Å²) in [5, 5.41) is 0. The van der Waals surface area contributed by atoms with E-state index in [2.05, 4.69) is 18.7 Å². The summed E-state index contributed by atoms with van der Waals surface area (Å²) >= 11 is 0. The van der Waals surface area contributed by atoms with Gasteiger partial charge >= 0.3 is 0 Å². The summed E-state index contributed by atoms with van der Waals surface area (Å²) in [7, 11) is 0. The van der Waals surface area contributed by atoms with Gasteiger partial charge in [0.25, 0.3) is 0 Å². The molecule has 0 amide bonds. The van der Waals surface area contributed by atoms with Gasteiger partial charge in [0, 0.05) is 24.3 Å². The van der Waals surface area contributed by atoms with E-state index < -0.39 is 0 Å². The molecule has 1 aliphatic heterocycles. The van der Waals surface area contributed by atoms with E-state index in [0.717, 1.165) is 25.2 Å². The molecule has 2 rings (SSSR count). The summed E-state index contributed by atoms with van der Waals surface area (Å²) in [6.07, 6.45) is 2.31. The number of piperidine rings is 1. The zero-order valence-electron chi connectivity index (χ0n) is 12.2. The SMILES string of the molecule is CC(=O)c1cc(F)c(C)cc1N1CCCC(C)(C)C1. The minimum Gasteiger partial charge on any atom is -0.370 e. The summed E-state index contributed by atoms with van der Waals surface area (Å²) in [5.41, 5.74) is 2.23. The molecule has 2 nitrogen and oxygen atoms in total. The van der Waals surface area contributed by atoms with Gasteiger partial charge in [-0.25, -0.2) is 4.39 Å². The molecule has 104 valence electrons. The van der Waals surface area contributed by atoms with Crippen molar-refractivity contribution in [3.8, 4) is 0 Å². The maximum absolute atomic E-state index is 13.7. The van der Waals surface area contributed by atoms with E-state index in [1.54, 1.807) is 6.92 Å². The standard InChI is InChI=1S/C16H22FNO/c1-11-8-15(13(12(2)19)9-14(11)17)18-7-5-6-16(3,4)10-18/h8-9H,5-7,10H2,1-4H3. The van der Waals surface area contributed by atoms with E-state index >= 15 is 0 Å². The van der Waals surface area contributed by atoms with E-state index in [9.17, 15) is 9.18 Å². The first-order valence-corrected chi connectivity index (χ1v) is 6.86. The summed E-state index contributed by atoms with van der Waals surface area (Å²) in [5.74, 6) is -0.373. The highest BCUT2D eigenvalue weighted by Gasteiger charge is 2.28. The number of benzene rings is 1. The van der Waals surface area contributed by atoms with Crippen LogP contribution in [0.1, 0.15) is 49.5 Å². The second kappa shape index (κ2) is 4.95. The monoisotopic (exact) mass is 263 g/mol. The number of rotatable bonds is 2. The molecule has 1 aromatic rings. The van der Waals surface area contributed by atoms with Gasteiger partial charge in [-0.3, -0.25) is 4.79 Å². The second-order valence-electron chi connectivity index (χ2n) is 6.36. The Morgan fingerprint density at radius 3 is 2.63 bits per heavy atom. The van der Waals surface area contributed by atoms with Crippen LogP contribution in [0.25, 0.3) is 0 Å². The Kier molecular flexibility index (Phi) is 3.66. The third-order valence-electron chi connectivity index (χ3n) is 3.90. The Bertz CT molecular complexity index is 508. The molecule has 0 bridgehead atoms. The van der Waals surface area contributed by atoms with Crippen LogP contribution in [0.2, 0.25) is 0 Å². The molecule has 0 radical (unpaired) electrons. The lowest BCUT2D eigenvalue weighted by Gasteiger charge is -2.40. The van der Waals surface area contributed by atoms with Crippen LogP contribution >= 0.6 is 0 Å². The van der Waals surface area contributed by atoms with Gasteiger partial charge < -0.3 is 4.90 Å². The maximum atomic E-state index is 13.7. The number of aryl methyl sites for hydroxylation is 1. The van der Waals surface area contributed by atoms with Crippen molar-refractivity contribution < 1.29 is 9.18 Å². The largest absolute Gasteiger partial charge is 0.370 e. The Hall–Kier alpha value is -1.38. The first-order chi connectivity index (χ1) is 8.80. The normalized spacial score (nSPS) is 18.5. The number of nitrogens with zero attached hydrogens (tertiary/aromatic N) is 1. The van der Waals surface area contributed by atoms with Crippen molar-refractivity contribution >= 4 is 11.5 Å².